The highest BCUT2D eigenvalue weighted by molar-refractivity contribution is 5.30. The van der Waals surface area contributed by atoms with Gasteiger partial charge in [0.25, 0.3) is 0 Å². The minimum Gasteiger partial charge on any atom is -0.384 e. The molecule has 5 heteroatoms. The summed E-state index contributed by atoms with van der Waals surface area (Å²) in [7, 11) is 3.32. The van der Waals surface area contributed by atoms with Gasteiger partial charge in [0.1, 0.15) is 11.9 Å². The summed E-state index contributed by atoms with van der Waals surface area (Å²) in [6.45, 7) is 0.445. The molecule has 0 spiro atoms. The summed E-state index contributed by atoms with van der Waals surface area (Å²) in [5.41, 5.74) is 6.54. The maximum atomic E-state index is 5.74. The number of rotatable bonds is 5. The van der Waals surface area contributed by atoms with E-state index in [0.717, 1.165) is 5.69 Å². The average molecular weight is 223 g/mol. The van der Waals surface area contributed by atoms with Gasteiger partial charge in [-0.05, 0) is 18.8 Å². The fourth-order valence-electron chi connectivity index (χ4n) is 1.80. The first kappa shape index (κ1) is 11.3. The lowest BCUT2D eigenvalue weighted by Crippen LogP contribution is -2.12. The minimum absolute atomic E-state index is 0.0286. The Kier molecular flexibility index (Phi) is 3.36. The molecule has 88 valence electrons. The van der Waals surface area contributed by atoms with E-state index in [-0.39, 0.29) is 6.10 Å². The molecule has 0 saturated heterocycles. The van der Waals surface area contributed by atoms with E-state index in [1.165, 1.54) is 12.8 Å². The number of anilines is 1. The van der Waals surface area contributed by atoms with Crippen LogP contribution < -0.4 is 5.73 Å². The third-order valence-electron chi connectivity index (χ3n) is 2.67. The SMILES string of the molecule is COCc1cc(N)nc(C(OC)C2CC2)n1. The van der Waals surface area contributed by atoms with Gasteiger partial charge < -0.3 is 15.2 Å². The molecule has 1 fully saturated rings. The highest BCUT2D eigenvalue weighted by Gasteiger charge is 2.34. The number of ether oxygens (including phenoxy) is 2. The third-order valence-corrected chi connectivity index (χ3v) is 2.67. The molecule has 0 aliphatic heterocycles. The number of nitrogens with zero attached hydrogens (tertiary/aromatic N) is 2. The second kappa shape index (κ2) is 4.76. The summed E-state index contributed by atoms with van der Waals surface area (Å²) in [6, 6.07) is 1.73. The standard InChI is InChI=1S/C11H17N3O2/c1-15-6-8-5-9(12)14-11(13-8)10(16-2)7-3-4-7/h5,7,10H,3-4,6H2,1-2H3,(H2,12,13,14). The molecule has 1 atom stereocenters. The highest BCUT2D eigenvalue weighted by Crippen LogP contribution is 2.41. The number of aromatic nitrogens is 2. The van der Waals surface area contributed by atoms with Gasteiger partial charge in [-0.15, -0.1) is 0 Å². The van der Waals surface area contributed by atoms with E-state index in [9.17, 15) is 0 Å². The number of nitrogen functional groups attached to an aromatic ring is 1. The van der Waals surface area contributed by atoms with Gasteiger partial charge in [0.05, 0.1) is 12.3 Å². The fourth-order valence-corrected chi connectivity index (χ4v) is 1.80. The Balaban J connectivity index is 2.24. The Morgan fingerprint density at radius 1 is 1.44 bits per heavy atom. The molecule has 16 heavy (non-hydrogen) atoms. The molecule has 0 radical (unpaired) electrons. The molecule has 1 aromatic heterocycles. The van der Waals surface area contributed by atoms with Crippen molar-refractivity contribution in [2.24, 2.45) is 5.92 Å². The summed E-state index contributed by atoms with van der Waals surface area (Å²) < 4.78 is 10.5. The molecule has 1 aliphatic rings. The van der Waals surface area contributed by atoms with E-state index in [1.54, 1.807) is 20.3 Å². The van der Waals surface area contributed by atoms with Crippen molar-refractivity contribution in [3.63, 3.8) is 0 Å². The van der Waals surface area contributed by atoms with Crippen LogP contribution in [0.25, 0.3) is 0 Å². The summed E-state index contributed by atoms with van der Waals surface area (Å²) in [5, 5.41) is 0. The molecular weight excluding hydrogens is 206 g/mol. The van der Waals surface area contributed by atoms with Crippen LogP contribution in [0, 0.1) is 5.92 Å². The summed E-state index contributed by atoms with van der Waals surface area (Å²) in [6.07, 6.45) is 2.33. The van der Waals surface area contributed by atoms with Gasteiger partial charge in [-0.25, -0.2) is 9.97 Å². The van der Waals surface area contributed by atoms with Gasteiger partial charge in [0, 0.05) is 20.3 Å². The molecule has 2 N–H and O–H groups in total. The van der Waals surface area contributed by atoms with Crippen LogP contribution in [-0.4, -0.2) is 24.2 Å². The van der Waals surface area contributed by atoms with Crippen molar-refractivity contribution in [1.82, 2.24) is 9.97 Å². The molecule has 1 heterocycles. The molecule has 2 rings (SSSR count). The number of hydrogen-bond donors (Lipinski definition) is 1. The second-order valence-corrected chi connectivity index (χ2v) is 4.07. The minimum atomic E-state index is -0.0286. The Bertz CT molecular complexity index is 366. The van der Waals surface area contributed by atoms with Crippen molar-refractivity contribution in [3.8, 4) is 0 Å². The molecule has 1 saturated carbocycles. The molecular formula is C11H17N3O2. The molecule has 0 aromatic carbocycles. The van der Waals surface area contributed by atoms with Gasteiger partial charge in [0.15, 0.2) is 5.82 Å². The van der Waals surface area contributed by atoms with Crippen molar-refractivity contribution in [2.45, 2.75) is 25.6 Å². The summed E-state index contributed by atoms with van der Waals surface area (Å²) in [5.74, 6) is 1.69. The smallest absolute Gasteiger partial charge is 0.160 e. The lowest BCUT2D eigenvalue weighted by molar-refractivity contribution is 0.0766. The van der Waals surface area contributed by atoms with Crippen molar-refractivity contribution in [3.05, 3.63) is 17.6 Å². The molecule has 0 amide bonds. The van der Waals surface area contributed by atoms with Crippen LogP contribution in [0.15, 0.2) is 6.07 Å². The predicted octanol–water partition coefficient (Wildman–Crippen LogP) is 1.30. The molecule has 1 aliphatic carbocycles. The average Bonchev–Trinajstić information content (AvgIpc) is 3.03. The van der Waals surface area contributed by atoms with Crippen molar-refractivity contribution in [2.75, 3.05) is 20.0 Å². The number of hydrogen-bond acceptors (Lipinski definition) is 5. The largest absolute Gasteiger partial charge is 0.384 e. The third kappa shape index (κ3) is 2.48. The second-order valence-electron chi connectivity index (χ2n) is 4.07. The monoisotopic (exact) mass is 223 g/mol. The van der Waals surface area contributed by atoms with E-state index in [4.69, 9.17) is 15.2 Å². The zero-order valence-corrected chi connectivity index (χ0v) is 9.64. The van der Waals surface area contributed by atoms with E-state index < -0.39 is 0 Å². The highest BCUT2D eigenvalue weighted by atomic mass is 16.5. The van der Waals surface area contributed by atoms with Gasteiger partial charge in [-0.3, -0.25) is 0 Å². The number of methoxy groups -OCH3 is 2. The zero-order chi connectivity index (χ0) is 11.5. The molecule has 5 nitrogen and oxygen atoms in total. The topological polar surface area (TPSA) is 70.3 Å². The Morgan fingerprint density at radius 2 is 2.19 bits per heavy atom. The van der Waals surface area contributed by atoms with Crippen molar-refractivity contribution < 1.29 is 9.47 Å². The number of nitrogens with two attached hydrogens (primary N) is 1. The predicted molar refractivity (Wildman–Crippen MR) is 59.6 cm³/mol. The quantitative estimate of drug-likeness (QED) is 0.814. The van der Waals surface area contributed by atoms with Crippen LogP contribution in [-0.2, 0) is 16.1 Å². The normalized spacial score (nSPS) is 17.4. The van der Waals surface area contributed by atoms with Crippen LogP contribution in [0.5, 0.6) is 0 Å². The first-order valence-electron chi connectivity index (χ1n) is 5.39. The molecule has 0 bridgehead atoms. The van der Waals surface area contributed by atoms with Crippen LogP contribution >= 0.6 is 0 Å². The van der Waals surface area contributed by atoms with Crippen LogP contribution in [0.1, 0.15) is 30.5 Å². The van der Waals surface area contributed by atoms with E-state index >= 15 is 0 Å². The maximum Gasteiger partial charge on any atom is 0.160 e. The van der Waals surface area contributed by atoms with E-state index in [0.29, 0.717) is 24.2 Å². The van der Waals surface area contributed by atoms with Crippen LogP contribution in [0.4, 0.5) is 5.82 Å². The lowest BCUT2D eigenvalue weighted by atomic mass is 10.2. The Morgan fingerprint density at radius 3 is 2.75 bits per heavy atom. The zero-order valence-electron chi connectivity index (χ0n) is 9.64. The van der Waals surface area contributed by atoms with Crippen molar-refractivity contribution in [1.29, 1.82) is 0 Å². The van der Waals surface area contributed by atoms with Crippen LogP contribution in [0.2, 0.25) is 0 Å². The first-order valence-corrected chi connectivity index (χ1v) is 5.39. The van der Waals surface area contributed by atoms with E-state index in [1.807, 2.05) is 0 Å². The van der Waals surface area contributed by atoms with Gasteiger partial charge >= 0.3 is 0 Å². The summed E-state index contributed by atoms with van der Waals surface area (Å²) in [4.78, 5) is 8.65. The van der Waals surface area contributed by atoms with Crippen molar-refractivity contribution >= 4 is 5.82 Å². The van der Waals surface area contributed by atoms with Crippen LogP contribution in [0.3, 0.4) is 0 Å². The van der Waals surface area contributed by atoms with Gasteiger partial charge in [-0.2, -0.15) is 0 Å². The Labute approximate surface area is 95.0 Å². The molecule has 1 unspecified atom stereocenters. The fraction of sp³-hybridized carbons (Fsp3) is 0.636. The summed E-state index contributed by atoms with van der Waals surface area (Å²) >= 11 is 0. The van der Waals surface area contributed by atoms with Gasteiger partial charge in [0.2, 0.25) is 0 Å². The maximum absolute atomic E-state index is 5.74. The first-order chi connectivity index (χ1) is 7.74. The lowest BCUT2D eigenvalue weighted by Gasteiger charge is -2.14. The Hall–Kier alpha value is -1.20. The molecule has 1 aromatic rings. The van der Waals surface area contributed by atoms with E-state index in [2.05, 4.69) is 9.97 Å². The van der Waals surface area contributed by atoms with Gasteiger partial charge in [-0.1, -0.05) is 0 Å².